The normalized spacial score (nSPS) is 10.4. The average molecular weight is 300 g/mol. The monoisotopic (exact) mass is 300 g/mol. The number of ether oxygens (including phenoxy) is 1. The summed E-state index contributed by atoms with van der Waals surface area (Å²) in [6.07, 6.45) is 8.68. The second-order valence-electron chi connectivity index (χ2n) is 5.21. The minimum Gasteiger partial charge on any atom is -0.494 e. The Hall–Kier alpha value is -2.36. The minimum atomic E-state index is -0.914. The standard InChI is InChI=1S/C18H21NO3/c20-18(21)16-8-10-17(11-9-16)22-15-7-2-1-4-12-19-13-5-3-6-14-19/h3,5-6,8-11,13-14H,1-2,4,7,12,15H2/p+1. The number of aryl methyl sites for hydroxylation is 1. The van der Waals surface area contributed by atoms with Crippen molar-refractivity contribution >= 4 is 5.97 Å². The van der Waals surface area contributed by atoms with Crippen LogP contribution in [0, 0.1) is 0 Å². The number of benzene rings is 1. The van der Waals surface area contributed by atoms with E-state index in [1.807, 2.05) is 18.2 Å². The van der Waals surface area contributed by atoms with Crippen molar-refractivity contribution in [2.24, 2.45) is 0 Å². The van der Waals surface area contributed by atoms with Crippen molar-refractivity contribution in [3.05, 3.63) is 60.4 Å². The lowest BCUT2D eigenvalue weighted by molar-refractivity contribution is -0.697. The minimum absolute atomic E-state index is 0.283. The van der Waals surface area contributed by atoms with Gasteiger partial charge in [-0.1, -0.05) is 6.07 Å². The first-order valence-corrected chi connectivity index (χ1v) is 7.66. The molecular formula is C18H22NO3+. The second kappa shape index (κ2) is 8.82. The van der Waals surface area contributed by atoms with Crippen LogP contribution in [0.15, 0.2) is 54.9 Å². The molecule has 1 aromatic carbocycles. The number of nitrogens with zero attached hydrogens (tertiary/aromatic N) is 1. The van der Waals surface area contributed by atoms with Crippen LogP contribution in [0.3, 0.4) is 0 Å². The Labute approximate surface area is 131 Å². The molecule has 0 aliphatic rings. The lowest BCUT2D eigenvalue weighted by Crippen LogP contribution is -2.32. The zero-order valence-electron chi connectivity index (χ0n) is 12.6. The van der Waals surface area contributed by atoms with Crippen LogP contribution in [0.5, 0.6) is 5.75 Å². The number of aromatic nitrogens is 1. The van der Waals surface area contributed by atoms with Crippen molar-refractivity contribution in [1.29, 1.82) is 0 Å². The van der Waals surface area contributed by atoms with Gasteiger partial charge in [0.2, 0.25) is 0 Å². The highest BCUT2D eigenvalue weighted by Crippen LogP contribution is 2.13. The van der Waals surface area contributed by atoms with Gasteiger partial charge < -0.3 is 9.84 Å². The molecule has 0 saturated heterocycles. The van der Waals surface area contributed by atoms with Crippen LogP contribution in [0.25, 0.3) is 0 Å². The van der Waals surface area contributed by atoms with Crippen LogP contribution < -0.4 is 9.30 Å². The molecule has 0 aliphatic heterocycles. The lowest BCUT2D eigenvalue weighted by Gasteiger charge is -2.06. The maximum Gasteiger partial charge on any atom is 0.335 e. The molecule has 0 bridgehead atoms. The number of hydrogen-bond acceptors (Lipinski definition) is 2. The van der Waals surface area contributed by atoms with E-state index in [1.54, 1.807) is 24.3 Å². The van der Waals surface area contributed by atoms with Gasteiger partial charge in [0, 0.05) is 18.6 Å². The van der Waals surface area contributed by atoms with Gasteiger partial charge in [0.25, 0.3) is 0 Å². The highest BCUT2D eigenvalue weighted by molar-refractivity contribution is 5.87. The van der Waals surface area contributed by atoms with E-state index in [4.69, 9.17) is 9.84 Å². The van der Waals surface area contributed by atoms with E-state index >= 15 is 0 Å². The lowest BCUT2D eigenvalue weighted by atomic mass is 10.2. The Balaban J connectivity index is 1.55. The van der Waals surface area contributed by atoms with Gasteiger partial charge in [0.15, 0.2) is 12.4 Å². The third-order valence-corrected chi connectivity index (χ3v) is 3.46. The molecule has 0 fully saturated rings. The van der Waals surface area contributed by atoms with Crippen molar-refractivity contribution in [2.75, 3.05) is 6.61 Å². The smallest absolute Gasteiger partial charge is 0.335 e. The molecule has 1 aromatic heterocycles. The van der Waals surface area contributed by atoms with E-state index in [2.05, 4.69) is 17.0 Å². The number of rotatable bonds is 9. The summed E-state index contributed by atoms with van der Waals surface area (Å²) in [5.41, 5.74) is 0.283. The van der Waals surface area contributed by atoms with Gasteiger partial charge in [-0.2, -0.15) is 0 Å². The van der Waals surface area contributed by atoms with Gasteiger partial charge >= 0.3 is 5.97 Å². The summed E-state index contributed by atoms with van der Waals surface area (Å²) in [6.45, 7) is 1.73. The predicted molar refractivity (Wildman–Crippen MR) is 84.0 cm³/mol. The molecule has 1 heterocycles. The van der Waals surface area contributed by atoms with Crippen molar-refractivity contribution in [3.63, 3.8) is 0 Å². The summed E-state index contributed by atoms with van der Waals surface area (Å²) in [4.78, 5) is 10.7. The molecule has 4 nitrogen and oxygen atoms in total. The molecule has 0 radical (unpaired) electrons. The fourth-order valence-electron chi connectivity index (χ4n) is 2.22. The number of aromatic carboxylic acids is 1. The van der Waals surface area contributed by atoms with E-state index in [0.717, 1.165) is 25.1 Å². The topological polar surface area (TPSA) is 50.4 Å². The molecule has 4 heteroatoms. The zero-order valence-corrected chi connectivity index (χ0v) is 12.6. The van der Waals surface area contributed by atoms with Gasteiger partial charge in [-0.05, 0) is 43.5 Å². The van der Waals surface area contributed by atoms with E-state index in [0.29, 0.717) is 6.61 Å². The number of carboxylic acids is 1. The molecule has 0 amide bonds. The van der Waals surface area contributed by atoms with Crippen molar-refractivity contribution < 1.29 is 19.2 Å². The third-order valence-electron chi connectivity index (χ3n) is 3.46. The third kappa shape index (κ3) is 5.56. The van der Waals surface area contributed by atoms with Gasteiger partial charge in [0.1, 0.15) is 12.3 Å². The molecule has 0 saturated carbocycles. The highest BCUT2D eigenvalue weighted by Gasteiger charge is 2.02. The Morgan fingerprint density at radius 1 is 0.955 bits per heavy atom. The summed E-state index contributed by atoms with van der Waals surface area (Å²) < 4.78 is 7.80. The highest BCUT2D eigenvalue weighted by atomic mass is 16.5. The first kappa shape index (κ1) is 16.0. The van der Waals surface area contributed by atoms with Crippen LogP contribution in [0.4, 0.5) is 0 Å². The Morgan fingerprint density at radius 3 is 2.32 bits per heavy atom. The molecule has 0 aliphatic carbocycles. The quantitative estimate of drug-likeness (QED) is 0.571. The molecule has 2 rings (SSSR count). The number of hydrogen-bond donors (Lipinski definition) is 1. The number of carbonyl (C=O) groups is 1. The van der Waals surface area contributed by atoms with Crippen molar-refractivity contribution in [2.45, 2.75) is 32.2 Å². The summed E-state index contributed by atoms with van der Waals surface area (Å²) in [5, 5.41) is 8.81. The van der Waals surface area contributed by atoms with E-state index < -0.39 is 5.97 Å². The molecule has 0 atom stereocenters. The molecular weight excluding hydrogens is 278 g/mol. The average Bonchev–Trinajstić information content (AvgIpc) is 2.55. The summed E-state index contributed by atoms with van der Waals surface area (Å²) >= 11 is 0. The number of pyridine rings is 1. The summed E-state index contributed by atoms with van der Waals surface area (Å²) in [5.74, 6) is -0.187. The second-order valence-corrected chi connectivity index (χ2v) is 5.21. The molecule has 22 heavy (non-hydrogen) atoms. The van der Waals surface area contributed by atoms with Crippen LogP contribution in [-0.4, -0.2) is 17.7 Å². The van der Waals surface area contributed by atoms with Gasteiger partial charge in [-0.15, -0.1) is 0 Å². The van der Waals surface area contributed by atoms with Crippen LogP contribution in [0.2, 0.25) is 0 Å². The van der Waals surface area contributed by atoms with E-state index in [-0.39, 0.29) is 5.56 Å². The SMILES string of the molecule is O=C(O)c1ccc(OCCCCCC[n+]2ccccc2)cc1. The van der Waals surface area contributed by atoms with E-state index in [1.165, 1.54) is 12.8 Å². The number of carboxylic acid groups (broad SMARTS) is 1. The van der Waals surface area contributed by atoms with Crippen molar-refractivity contribution in [1.82, 2.24) is 0 Å². The van der Waals surface area contributed by atoms with Gasteiger partial charge in [-0.3, -0.25) is 0 Å². The van der Waals surface area contributed by atoms with E-state index in [9.17, 15) is 4.79 Å². The predicted octanol–water partition coefficient (Wildman–Crippen LogP) is 3.31. The van der Waals surface area contributed by atoms with Gasteiger partial charge in [-0.25, -0.2) is 9.36 Å². The maximum atomic E-state index is 10.7. The summed E-state index contributed by atoms with van der Waals surface area (Å²) in [6, 6.07) is 12.7. The van der Waals surface area contributed by atoms with Crippen LogP contribution >= 0.6 is 0 Å². The Kier molecular flexibility index (Phi) is 6.42. The summed E-state index contributed by atoms with van der Waals surface area (Å²) in [7, 11) is 0. The van der Waals surface area contributed by atoms with Gasteiger partial charge in [0.05, 0.1) is 12.2 Å². The molecule has 0 spiro atoms. The number of unbranched alkanes of at least 4 members (excludes halogenated alkanes) is 3. The van der Waals surface area contributed by atoms with Crippen LogP contribution in [0.1, 0.15) is 36.0 Å². The van der Waals surface area contributed by atoms with Crippen molar-refractivity contribution in [3.8, 4) is 5.75 Å². The molecule has 1 N–H and O–H groups in total. The molecule has 116 valence electrons. The first-order chi connectivity index (χ1) is 10.8. The molecule has 2 aromatic rings. The fourth-order valence-corrected chi connectivity index (χ4v) is 2.22. The van der Waals surface area contributed by atoms with Crippen LogP contribution in [-0.2, 0) is 6.54 Å². The maximum absolute atomic E-state index is 10.7. The Morgan fingerprint density at radius 2 is 1.64 bits per heavy atom. The molecule has 0 unspecified atom stereocenters. The zero-order chi connectivity index (χ0) is 15.6. The largest absolute Gasteiger partial charge is 0.494 e. The Bertz CT molecular complexity index is 567. The fraction of sp³-hybridized carbons (Fsp3) is 0.333. The first-order valence-electron chi connectivity index (χ1n) is 7.66.